The summed E-state index contributed by atoms with van der Waals surface area (Å²) < 4.78 is 7.72. The molecule has 2 bridgehead atoms. The Balaban J connectivity index is 1.77. The van der Waals surface area contributed by atoms with E-state index in [1.807, 2.05) is 16.7 Å². The van der Waals surface area contributed by atoms with E-state index in [1.165, 1.54) is 6.20 Å². The lowest BCUT2D eigenvalue weighted by Gasteiger charge is -2.17. The SMILES string of the molecule is CC1CCCOc2ncc(N)cc2C(=O)Nc2cccc(n2)-c2nncn21. The Morgan fingerprint density at radius 3 is 3.15 bits per heavy atom. The molecule has 1 aliphatic rings. The minimum atomic E-state index is -0.388. The molecule has 138 valence electrons. The summed E-state index contributed by atoms with van der Waals surface area (Å²) in [7, 11) is 0. The monoisotopic (exact) mass is 365 g/mol. The van der Waals surface area contributed by atoms with Gasteiger partial charge in [-0.15, -0.1) is 10.2 Å². The summed E-state index contributed by atoms with van der Waals surface area (Å²) in [6, 6.07) is 7.07. The van der Waals surface area contributed by atoms with E-state index in [0.717, 1.165) is 12.8 Å². The molecular formula is C18H19N7O2. The van der Waals surface area contributed by atoms with E-state index < -0.39 is 0 Å². The third kappa shape index (κ3) is 3.43. The highest BCUT2D eigenvalue weighted by Gasteiger charge is 2.19. The van der Waals surface area contributed by atoms with Crippen molar-refractivity contribution in [1.29, 1.82) is 0 Å². The van der Waals surface area contributed by atoms with Gasteiger partial charge in [-0.1, -0.05) is 6.07 Å². The lowest BCUT2D eigenvalue weighted by molar-refractivity contribution is 0.102. The maximum absolute atomic E-state index is 12.7. The van der Waals surface area contributed by atoms with Gasteiger partial charge in [-0.2, -0.15) is 0 Å². The van der Waals surface area contributed by atoms with Crippen LogP contribution in [-0.4, -0.2) is 37.2 Å². The zero-order chi connectivity index (χ0) is 18.8. The molecule has 0 saturated carbocycles. The number of aromatic nitrogens is 5. The van der Waals surface area contributed by atoms with Crippen molar-refractivity contribution in [3.63, 3.8) is 0 Å². The van der Waals surface area contributed by atoms with Crippen LogP contribution >= 0.6 is 0 Å². The standard InChI is InChI=1S/C18H19N7O2/c1-11-4-3-7-27-18-13(8-12(19)9-20-18)17(26)23-15-6-2-5-14(22-15)16-24-21-10-25(11)16/h2,5-6,8-11H,3-4,7,19H2,1H3,(H,22,23,26). The van der Waals surface area contributed by atoms with E-state index in [-0.39, 0.29) is 23.4 Å². The number of hydrogen-bond donors (Lipinski definition) is 2. The van der Waals surface area contributed by atoms with Crippen LogP contribution in [-0.2, 0) is 0 Å². The van der Waals surface area contributed by atoms with Crippen LogP contribution in [0.1, 0.15) is 36.2 Å². The lowest BCUT2D eigenvalue weighted by Crippen LogP contribution is -2.17. The van der Waals surface area contributed by atoms with E-state index in [2.05, 4.69) is 32.4 Å². The first-order valence-electron chi connectivity index (χ1n) is 8.68. The van der Waals surface area contributed by atoms with Crippen molar-refractivity contribution in [2.75, 3.05) is 17.7 Å². The minimum Gasteiger partial charge on any atom is -0.477 e. The zero-order valence-corrected chi connectivity index (χ0v) is 14.8. The van der Waals surface area contributed by atoms with Gasteiger partial charge in [0.15, 0.2) is 5.82 Å². The number of fused-ring (bicyclic) bond motifs is 5. The molecule has 1 atom stereocenters. The highest BCUT2D eigenvalue weighted by Crippen LogP contribution is 2.25. The van der Waals surface area contributed by atoms with Crippen molar-refractivity contribution in [2.45, 2.75) is 25.8 Å². The van der Waals surface area contributed by atoms with Crippen LogP contribution in [0, 0.1) is 0 Å². The number of pyridine rings is 2. The van der Waals surface area contributed by atoms with Crippen LogP contribution in [0.3, 0.4) is 0 Å². The summed E-state index contributed by atoms with van der Waals surface area (Å²) in [5.74, 6) is 0.918. The normalized spacial score (nSPS) is 17.1. The zero-order valence-electron chi connectivity index (χ0n) is 14.8. The molecule has 3 N–H and O–H groups in total. The second kappa shape index (κ2) is 7.02. The van der Waals surface area contributed by atoms with Crippen molar-refractivity contribution in [3.05, 3.63) is 42.4 Å². The first-order chi connectivity index (χ1) is 13.1. The molecule has 3 aromatic rings. The summed E-state index contributed by atoms with van der Waals surface area (Å²) in [4.78, 5) is 21.4. The molecule has 0 fully saturated rings. The van der Waals surface area contributed by atoms with Gasteiger partial charge in [-0.25, -0.2) is 9.97 Å². The molecule has 1 amide bonds. The predicted molar refractivity (Wildman–Crippen MR) is 99.3 cm³/mol. The summed E-state index contributed by atoms with van der Waals surface area (Å²) in [6.45, 7) is 2.53. The molecule has 0 aromatic carbocycles. The van der Waals surface area contributed by atoms with Crippen LogP contribution in [0.5, 0.6) is 5.88 Å². The third-order valence-electron chi connectivity index (χ3n) is 4.39. The van der Waals surface area contributed by atoms with Gasteiger partial charge in [0.2, 0.25) is 5.88 Å². The Bertz CT molecular complexity index is 985. The fourth-order valence-electron chi connectivity index (χ4n) is 2.99. The Hall–Kier alpha value is -3.49. The molecule has 27 heavy (non-hydrogen) atoms. The van der Waals surface area contributed by atoms with Crippen LogP contribution in [0.15, 0.2) is 36.8 Å². The van der Waals surface area contributed by atoms with Crippen molar-refractivity contribution >= 4 is 17.4 Å². The summed E-state index contributed by atoms with van der Waals surface area (Å²) in [5, 5.41) is 11.0. The van der Waals surface area contributed by atoms with Gasteiger partial charge in [-0.3, -0.25) is 4.79 Å². The number of carbonyl (C=O) groups excluding carboxylic acids is 1. The summed E-state index contributed by atoms with van der Waals surface area (Å²) in [5.41, 5.74) is 7.09. The van der Waals surface area contributed by atoms with Gasteiger partial charge >= 0.3 is 0 Å². The largest absolute Gasteiger partial charge is 0.477 e. The fourth-order valence-corrected chi connectivity index (χ4v) is 2.99. The second-order valence-electron chi connectivity index (χ2n) is 6.39. The van der Waals surface area contributed by atoms with Crippen LogP contribution in [0.2, 0.25) is 0 Å². The molecule has 0 radical (unpaired) electrons. The first kappa shape index (κ1) is 17.0. The van der Waals surface area contributed by atoms with E-state index in [0.29, 0.717) is 29.6 Å². The van der Waals surface area contributed by atoms with Gasteiger partial charge in [0.25, 0.3) is 5.91 Å². The number of nitrogens with two attached hydrogens (primary N) is 1. The van der Waals surface area contributed by atoms with Crippen LogP contribution in [0.4, 0.5) is 11.5 Å². The number of nitrogens with one attached hydrogen (secondary N) is 1. The predicted octanol–water partition coefficient (Wildman–Crippen LogP) is 2.30. The minimum absolute atomic E-state index is 0.167. The Morgan fingerprint density at radius 2 is 2.26 bits per heavy atom. The van der Waals surface area contributed by atoms with Gasteiger partial charge < -0.3 is 20.4 Å². The van der Waals surface area contributed by atoms with E-state index in [1.54, 1.807) is 18.5 Å². The number of carbonyl (C=O) groups is 1. The number of hydrogen-bond acceptors (Lipinski definition) is 7. The summed E-state index contributed by atoms with van der Waals surface area (Å²) in [6.07, 6.45) is 4.79. The quantitative estimate of drug-likeness (QED) is 0.627. The molecule has 9 heteroatoms. The maximum atomic E-state index is 12.7. The summed E-state index contributed by atoms with van der Waals surface area (Å²) >= 11 is 0. The lowest BCUT2D eigenvalue weighted by atomic mass is 10.1. The van der Waals surface area contributed by atoms with Crippen molar-refractivity contribution in [2.24, 2.45) is 0 Å². The van der Waals surface area contributed by atoms with E-state index in [9.17, 15) is 4.79 Å². The molecule has 4 rings (SSSR count). The van der Waals surface area contributed by atoms with Gasteiger partial charge in [0, 0.05) is 6.04 Å². The maximum Gasteiger partial charge on any atom is 0.262 e. The molecule has 9 nitrogen and oxygen atoms in total. The van der Waals surface area contributed by atoms with E-state index >= 15 is 0 Å². The molecule has 0 spiro atoms. The molecule has 1 unspecified atom stereocenters. The van der Waals surface area contributed by atoms with Gasteiger partial charge in [-0.05, 0) is 38.0 Å². The molecule has 4 heterocycles. The highest BCUT2D eigenvalue weighted by molar-refractivity contribution is 6.05. The van der Waals surface area contributed by atoms with Crippen molar-refractivity contribution < 1.29 is 9.53 Å². The number of nitrogen functional groups attached to an aromatic ring is 1. The smallest absolute Gasteiger partial charge is 0.262 e. The van der Waals surface area contributed by atoms with Crippen LogP contribution < -0.4 is 15.8 Å². The Labute approximate surface area is 155 Å². The molecular weight excluding hydrogens is 346 g/mol. The van der Waals surface area contributed by atoms with Crippen molar-refractivity contribution in [1.82, 2.24) is 24.7 Å². The molecule has 1 aliphatic heterocycles. The third-order valence-corrected chi connectivity index (χ3v) is 4.39. The number of anilines is 2. The Morgan fingerprint density at radius 1 is 1.37 bits per heavy atom. The number of nitrogens with zero attached hydrogens (tertiary/aromatic N) is 5. The van der Waals surface area contributed by atoms with E-state index in [4.69, 9.17) is 10.5 Å². The average Bonchev–Trinajstić information content (AvgIpc) is 3.15. The number of amides is 1. The number of ether oxygens (including phenoxy) is 1. The topological polar surface area (TPSA) is 121 Å². The number of rotatable bonds is 0. The highest BCUT2D eigenvalue weighted by atomic mass is 16.5. The van der Waals surface area contributed by atoms with Gasteiger partial charge in [0.1, 0.15) is 23.4 Å². The fraction of sp³-hybridized carbons (Fsp3) is 0.278. The molecule has 3 aromatic heterocycles. The molecule has 0 aliphatic carbocycles. The van der Waals surface area contributed by atoms with Gasteiger partial charge in [0.05, 0.1) is 18.5 Å². The van der Waals surface area contributed by atoms with Crippen molar-refractivity contribution in [3.8, 4) is 17.4 Å². The Kier molecular flexibility index (Phi) is 4.41. The average molecular weight is 365 g/mol. The first-order valence-corrected chi connectivity index (χ1v) is 8.68. The molecule has 0 saturated heterocycles. The van der Waals surface area contributed by atoms with Crippen LogP contribution in [0.25, 0.3) is 11.5 Å². The second-order valence-corrected chi connectivity index (χ2v) is 6.39.